The molecule has 0 aliphatic carbocycles. The average molecular weight is 226 g/mol. The monoisotopic (exact) mass is 226 g/mol. The van der Waals surface area contributed by atoms with Crippen LogP contribution >= 0.6 is 0 Å². The predicted octanol–water partition coefficient (Wildman–Crippen LogP) is 2.51. The van der Waals surface area contributed by atoms with Crippen molar-refractivity contribution >= 4 is 5.95 Å². The molecule has 86 valence electrons. The van der Waals surface area contributed by atoms with E-state index in [0.717, 1.165) is 11.6 Å². The molecule has 2 heterocycles. The van der Waals surface area contributed by atoms with Crippen molar-refractivity contribution in [3.05, 3.63) is 53.5 Å². The van der Waals surface area contributed by atoms with E-state index in [1.807, 2.05) is 11.6 Å². The van der Waals surface area contributed by atoms with Gasteiger partial charge in [0.1, 0.15) is 12.4 Å². The largest absolute Gasteiger partial charge is 0.329 e. The van der Waals surface area contributed by atoms with Crippen LogP contribution in [0.1, 0.15) is 24.1 Å². The number of benzene rings is 1. The van der Waals surface area contributed by atoms with Crippen molar-refractivity contribution in [3.63, 3.8) is 0 Å². The van der Waals surface area contributed by atoms with Crippen molar-refractivity contribution in [2.45, 2.75) is 19.9 Å². The molecule has 0 bridgehead atoms. The van der Waals surface area contributed by atoms with E-state index < -0.39 is 0 Å². The van der Waals surface area contributed by atoms with Gasteiger partial charge < -0.3 is 5.32 Å². The van der Waals surface area contributed by atoms with E-state index in [4.69, 9.17) is 0 Å². The van der Waals surface area contributed by atoms with Gasteiger partial charge in [-0.1, -0.05) is 29.8 Å². The first-order chi connectivity index (χ1) is 8.24. The molecule has 0 spiro atoms. The van der Waals surface area contributed by atoms with E-state index in [0.29, 0.717) is 0 Å². The van der Waals surface area contributed by atoms with Crippen LogP contribution in [0.25, 0.3) is 0 Å². The van der Waals surface area contributed by atoms with Crippen molar-refractivity contribution in [1.29, 1.82) is 0 Å². The summed E-state index contributed by atoms with van der Waals surface area (Å²) >= 11 is 0. The van der Waals surface area contributed by atoms with Crippen LogP contribution in [0, 0.1) is 6.92 Å². The number of aryl methyl sites for hydroxylation is 1. The molecule has 1 aromatic carbocycles. The highest BCUT2D eigenvalue weighted by Gasteiger charge is 2.20. The molecule has 0 radical (unpaired) electrons. The van der Waals surface area contributed by atoms with Crippen LogP contribution in [-0.4, -0.2) is 14.8 Å². The number of fused-ring (bicyclic) bond motifs is 1. The number of nitrogens with one attached hydrogen (secondary N) is 1. The minimum atomic E-state index is 0.134. The summed E-state index contributed by atoms with van der Waals surface area (Å²) < 4.78 is 1.90. The SMILES string of the molecule is CC1=CC(c2ccc(C)cc2)n2ncnc2N1. The lowest BCUT2D eigenvalue weighted by Gasteiger charge is -2.22. The number of hydrogen-bond donors (Lipinski definition) is 1. The van der Waals surface area contributed by atoms with Crippen LogP contribution in [0.15, 0.2) is 42.4 Å². The highest BCUT2D eigenvalue weighted by molar-refractivity contribution is 5.42. The van der Waals surface area contributed by atoms with Gasteiger partial charge >= 0.3 is 0 Å². The molecule has 17 heavy (non-hydrogen) atoms. The normalized spacial score (nSPS) is 18.2. The van der Waals surface area contributed by atoms with E-state index in [9.17, 15) is 0 Å². The van der Waals surface area contributed by atoms with E-state index in [1.54, 1.807) is 6.33 Å². The Hall–Kier alpha value is -2.10. The number of hydrogen-bond acceptors (Lipinski definition) is 3. The molecule has 0 fully saturated rings. The summed E-state index contributed by atoms with van der Waals surface area (Å²) in [4.78, 5) is 4.20. The zero-order valence-corrected chi connectivity index (χ0v) is 9.88. The van der Waals surface area contributed by atoms with Crippen LogP contribution in [0.4, 0.5) is 5.95 Å². The second kappa shape index (κ2) is 3.73. The number of aromatic nitrogens is 3. The summed E-state index contributed by atoms with van der Waals surface area (Å²) in [7, 11) is 0. The quantitative estimate of drug-likeness (QED) is 0.812. The Bertz CT molecular complexity index is 565. The molecule has 1 aliphatic rings. The van der Waals surface area contributed by atoms with E-state index in [1.165, 1.54) is 11.1 Å². The Kier molecular flexibility index (Phi) is 2.21. The zero-order chi connectivity index (χ0) is 11.8. The van der Waals surface area contributed by atoms with E-state index in [2.05, 4.69) is 52.7 Å². The van der Waals surface area contributed by atoms with Crippen molar-refractivity contribution in [1.82, 2.24) is 14.8 Å². The van der Waals surface area contributed by atoms with Gasteiger partial charge in [0.15, 0.2) is 0 Å². The summed E-state index contributed by atoms with van der Waals surface area (Å²) in [6.07, 6.45) is 3.74. The minimum Gasteiger partial charge on any atom is -0.329 e. The highest BCUT2D eigenvalue weighted by atomic mass is 15.4. The van der Waals surface area contributed by atoms with Crippen molar-refractivity contribution < 1.29 is 0 Å². The molecular formula is C13H14N4. The summed E-state index contributed by atoms with van der Waals surface area (Å²) in [5.74, 6) is 0.801. The molecule has 1 unspecified atom stereocenters. The highest BCUT2D eigenvalue weighted by Crippen LogP contribution is 2.27. The first-order valence-corrected chi connectivity index (χ1v) is 5.65. The first-order valence-electron chi connectivity index (χ1n) is 5.65. The Morgan fingerprint density at radius 3 is 2.71 bits per heavy atom. The second-order valence-corrected chi connectivity index (χ2v) is 4.36. The molecule has 2 aromatic rings. The first kappa shape index (κ1) is 10.1. The molecular weight excluding hydrogens is 212 g/mol. The second-order valence-electron chi connectivity index (χ2n) is 4.36. The number of allylic oxidation sites excluding steroid dienone is 2. The minimum absolute atomic E-state index is 0.134. The van der Waals surface area contributed by atoms with Gasteiger partial charge in [-0.05, 0) is 25.5 Å². The zero-order valence-electron chi connectivity index (χ0n) is 9.88. The van der Waals surface area contributed by atoms with Gasteiger partial charge in [0.05, 0.1) is 0 Å². The lowest BCUT2D eigenvalue weighted by molar-refractivity contribution is 0.603. The Labute approximate surface area is 100.0 Å². The maximum absolute atomic E-state index is 4.27. The molecule has 0 saturated carbocycles. The van der Waals surface area contributed by atoms with Gasteiger partial charge in [-0.2, -0.15) is 10.1 Å². The molecule has 0 amide bonds. The van der Waals surface area contributed by atoms with Crippen LogP contribution in [0.2, 0.25) is 0 Å². The van der Waals surface area contributed by atoms with E-state index >= 15 is 0 Å². The van der Waals surface area contributed by atoms with Gasteiger partial charge in [-0.15, -0.1) is 0 Å². The molecule has 1 N–H and O–H groups in total. The molecule has 4 heteroatoms. The summed E-state index contributed by atoms with van der Waals surface area (Å²) in [5, 5.41) is 7.47. The van der Waals surface area contributed by atoms with E-state index in [-0.39, 0.29) is 6.04 Å². The van der Waals surface area contributed by atoms with Crippen LogP contribution in [-0.2, 0) is 0 Å². The van der Waals surface area contributed by atoms with Crippen LogP contribution in [0.3, 0.4) is 0 Å². The van der Waals surface area contributed by atoms with Crippen molar-refractivity contribution in [3.8, 4) is 0 Å². The average Bonchev–Trinajstić information content (AvgIpc) is 2.77. The Morgan fingerprint density at radius 2 is 1.94 bits per heavy atom. The van der Waals surface area contributed by atoms with Gasteiger partial charge in [0.25, 0.3) is 0 Å². The summed E-state index contributed by atoms with van der Waals surface area (Å²) in [6, 6.07) is 8.66. The van der Waals surface area contributed by atoms with Crippen LogP contribution < -0.4 is 5.32 Å². The third kappa shape index (κ3) is 1.71. The maximum atomic E-state index is 4.27. The topological polar surface area (TPSA) is 42.7 Å². The van der Waals surface area contributed by atoms with Gasteiger partial charge in [0, 0.05) is 5.70 Å². The van der Waals surface area contributed by atoms with Gasteiger partial charge in [-0.25, -0.2) is 4.68 Å². The van der Waals surface area contributed by atoms with Crippen LogP contribution in [0.5, 0.6) is 0 Å². The van der Waals surface area contributed by atoms with Crippen molar-refractivity contribution in [2.24, 2.45) is 0 Å². The fourth-order valence-corrected chi connectivity index (χ4v) is 2.07. The smallest absolute Gasteiger partial charge is 0.226 e. The van der Waals surface area contributed by atoms with Gasteiger partial charge in [-0.3, -0.25) is 0 Å². The number of rotatable bonds is 1. The van der Waals surface area contributed by atoms with Gasteiger partial charge in [0.2, 0.25) is 5.95 Å². The standard InChI is InChI=1S/C13H14N4/c1-9-3-5-11(6-4-9)12-7-10(2)16-13-14-8-15-17(12)13/h3-8,12H,1-2H3,(H,14,15,16). The Balaban J connectivity index is 2.07. The third-order valence-electron chi connectivity index (χ3n) is 2.97. The molecule has 0 saturated heterocycles. The van der Waals surface area contributed by atoms with Crippen molar-refractivity contribution in [2.75, 3.05) is 5.32 Å². The molecule has 1 aliphatic heterocycles. The fraction of sp³-hybridized carbons (Fsp3) is 0.231. The molecule has 1 aromatic heterocycles. The fourth-order valence-electron chi connectivity index (χ4n) is 2.07. The number of anilines is 1. The third-order valence-corrected chi connectivity index (χ3v) is 2.97. The molecule has 3 rings (SSSR count). The summed E-state index contributed by atoms with van der Waals surface area (Å²) in [5.41, 5.74) is 3.60. The Morgan fingerprint density at radius 1 is 1.18 bits per heavy atom. The number of nitrogens with zero attached hydrogens (tertiary/aromatic N) is 3. The summed E-state index contributed by atoms with van der Waals surface area (Å²) in [6.45, 7) is 4.13. The lowest BCUT2D eigenvalue weighted by Crippen LogP contribution is -2.19. The predicted molar refractivity (Wildman–Crippen MR) is 66.7 cm³/mol. The molecule has 1 atom stereocenters. The lowest BCUT2D eigenvalue weighted by atomic mass is 10.0. The molecule has 4 nitrogen and oxygen atoms in total. The maximum Gasteiger partial charge on any atom is 0.226 e.